The lowest BCUT2D eigenvalue weighted by Gasteiger charge is -2.30. The maximum atomic E-state index is 14.6. The van der Waals surface area contributed by atoms with Crippen LogP contribution in [0.2, 0.25) is 10.0 Å². The van der Waals surface area contributed by atoms with Crippen LogP contribution in [0.25, 0.3) is 11.3 Å². The minimum atomic E-state index is -3.93. The first-order chi connectivity index (χ1) is 54.5. The van der Waals surface area contributed by atoms with Gasteiger partial charge in [-0.2, -0.15) is 0 Å². The first-order valence-electron chi connectivity index (χ1n) is 37.2. The Hall–Kier alpha value is -8.75. The zero-order valence-corrected chi connectivity index (χ0v) is 67.6. The number of hydrogen-bond donors (Lipinski definition) is 7. The van der Waals surface area contributed by atoms with E-state index in [9.17, 15) is 68.8 Å². The average molecular weight is 1750 g/mol. The lowest BCUT2D eigenvalue weighted by atomic mass is 10.1. The predicted molar refractivity (Wildman–Crippen MR) is 422 cm³/mol. The van der Waals surface area contributed by atoms with Gasteiger partial charge in [0.05, 0.1) is 60.9 Å². The SMILES string of the molecule is NC(=S)N[C@H]1CCCOC/C=C\[C@@H]2C[C@@]2(C(=O)NS(=O)(=O)C2CC2)NC(=O)[C@@H]2C[C@@H](OC(=O)N3Cc4cccc(Cl)c4C3)CN2C1=O.O=C(CBr)c1ccc(F)cc1.O=C1N[C@]2(C(=O)NS(=O)(=O)C3CC3)C[C@H]2/C=C\COCCC[C@H](Nc2nc(-c3ccc(F)cc3)cs2)C(=O)N2C[C@H](OC(=O)N3Cc4cccc(Cl)c4C3)C[C@@H]12. The van der Waals surface area contributed by atoms with Gasteiger partial charge in [-0.3, -0.25) is 52.8 Å². The van der Waals surface area contributed by atoms with Crippen LogP contribution in [0.4, 0.5) is 23.5 Å². The van der Waals surface area contributed by atoms with Gasteiger partial charge in [-0.15, -0.1) is 11.3 Å². The van der Waals surface area contributed by atoms with Gasteiger partial charge in [0.15, 0.2) is 16.0 Å². The van der Waals surface area contributed by atoms with Gasteiger partial charge in [0.2, 0.25) is 43.7 Å². The molecule has 6 aliphatic heterocycles. The number of fused-ring (bicyclic) bond motifs is 6. The van der Waals surface area contributed by atoms with E-state index < -0.39 is 137 Å². The highest BCUT2D eigenvalue weighted by molar-refractivity contribution is 9.09. The van der Waals surface area contributed by atoms with Gasteiger partial charge in [0, 0.05) is 77.5 Å². The molecule has 0 bridgehead atoms. The Labute approximate surface area is 683 Å². The number of hydrogen-bond acceptors (Lipinski definition) is 21. The molecule has 8 N–H and O–H groups in total. The molecular formula is C76H83BrCl2F2N12O17S4. The van der Waals surface area contributed by atoms with Crippen LogP contribution in [0.5, 0.6) is 0 Å². The predicted octanol–water partition coefficient (Wildman–Crippen LogP) is 7.57. The first kappa shape index (κ1) is 83.2. The second kappa shape index (κ2) is 35.4. The molecule has 10 aliphatic rings. The van der Waals surface area contributed by atoms with Gasteiger partial charge in [0.25, 0.3) is 11.8 Å². The Morgan fingerprint density at radius 1 is 0.649 bits per heavy atom. The monoisotopic (exact) mass is 1750 g/mol. The van der Waals surface area contributed by atoms with Crippen molar-refractivity contribution < 1.29 is 87.7 Å². The summed E-state index contributed by atoms with van der Waals surface area (Å²) in [5.74, 6) is -5.74. The summed E-state index contributed by atoms with van der Waals surface area (Å²) in [5.41, 5.74) is 7.88. The molecule has 29 nitrogen and oxygen atoms in total. The molecule has 2 saturated heterocycles. The minimum absolute atomic E-state index is 0.0370. The quantitative estimate of drug-likeness (QED) is 0.0244. The molecule has 4 saturated carbocycles. The molecule has 5 aromatic rings. The largest absolute Gasteiger partial charge is 0.444 e. The van der Waals surface area contributed by atoms with Crippen LogP contribution in [-0.2, 0) is 93.9 Å². The number of carbonyl (C=O) groups is 9. The second-order valence-electron chi connectivity index (χ2n) is 29.5. The minimum Gasteiger partial charge on any atom is -0.444 e. The molecule has 10 atom stereocenters. The number of rotatable bonds is 14. The maximum Gasteiger partial charge on any atom is 0.410 e. The number of sulfonamides is 2. The standard InChI is InChI=1S/C38H40ClFN6O8S2.C30H37ClN6O8S2.C8H6BrFO/c39-29-6-1-4-23-18-45(20-28(23)29)37(50)54-26-16-32-33(47)43-38(35(49)44-56(51,52)27-12-13-27)17-24(38)5-2-14-53-15-3-7-30(34(48)46(32)19-26)41-36-42-31(21-55-36)22-8-10-25(40)11-9-22;31-22-6-1-4-17-14-36(16-21(17)22)29(41)45-19-12-24-25(38)34-30(27(40)35-47(42,43)20-8-9-20)13-18(30)5-2-10-44-11-3-7-23(33-28(32)46)26(39)37(24)15-19;9-5-8(11)6-1-3-7(10)4-2-6/h1-2,4-6,8-11,21,24,26-27,30,32H,3,7,12-20H2,(H,41,42)(H,43,47)(H,44,49);1-2,4-6,18-20,23-24H,3,7-16H2,(H,34,38)(H,35,40)(H3,32,33,46);1-4H,5H2/b2*5-2-;/t24-,26-,30+,32+,38-;18-,19-,23+,24+,30-;/m11./s1. The van der Waals surface area contributed by atoms with Crippen LogP contribution in [0.15, 0.2) is 115 Å². The van der Waals surface area contributed by atoms with Gasteiger partial charge in [-0.1, -0.05) is 87.7 Å². The van der Waals surface area contributed by atoms with E-state index in [0.29, 0.717) is 96.7 Å². The summed E-state index contributed by atoms with van der Waals surface area (Å²) in [6.45, 7) is 1.90. The molecule has 7 heterocycles. The number of ketones is 1. The average Bonchev–Trinajstić information content (AvgIpc) is 1.57. The Balaban J connectivity index is 0.000000177. The number of anilines is 1. The molecule has 0 spiro atoms. The third-order valence-electron chi connectivity index (χ3n) is 21.4. The number of aromatic nitrogens is 1. The van der Waals surface area contributed by atoms with Gasteiger partial charge < -0.3 is 55.7 Å². The smallest absolute Gasteiger partial charge is 0.410 e. The Morgan fingerprint density at radius 2 is 1.11 bits per heavy atom. The van der Waals surface area contributed by atoms with E-state index in [4.69, 9.17) is 60.1 Å². The normalized spacial score (nSPS) is 26.7. The van der Waals surface area contributed by atoms with E-state index >= 15 is 0 Å². The van der Waals surface area contributed by atoms with Crippen molar-refractivity contribution in [3.05, 3.63) is 164 Å². The second-order valence-corrected chi connectivity index (χ2v) is 36.1. The van der Waals surface area contributed by atoms with Crippen molar-refractivity contribution in [2.24, 2.45) is 17.6 Å². The molecule has 38 heteroatoms. The first-order valence-corrected chi connectivity index (χ1v) is 43.5. The van der Waals surface area contributed by atoms with Crippen LogP contribution in [0.3, 0.4) is 0 Å². The van der Waals surface area contributed by atoms with Crippen LogP contribution >= 0.6 is 62.7 Å². The summed E-state index contributed by atoms with van der Waals surface area (Å²) in [6, 6.07) is 18.2. The Bertz CT molecular complexity index is 4880. The van der Waals surface area contributed by atoms with E-state index in [0.717, 1.165) is 22.3 Å². The van der Waals surface area contributed by atoms with Crippen molar-refractivity contribution in [3.8, 4) is 11.3 Å². The lowest BCUT2D eigenvalue weighted by Crippen LogP contribution is -2.58. The molecule has 114 heavy (non-hydrogen) atoms. The van der Waals surface area contributed by atoms with E-state index in [1.807, 2.05) is 18.2 Å². The molecule has 15 rings (SSSR count). The number of nitrogens with zero attached hydrogens (tertiary/aromatic N) is 5. The van der Waals surface area contributed by atoms with Gasteiger partial charge >= 0.3 is 12.2 Å². The molecule has 608 valence electrons. The highest BCUT2D eigenvalue weighted by Crippen LogP contribution is 2.48. The van der Waals surface area contributed by atoms with E-state index in [2.05, 4.69) is 51.6 Å². The third-order valence-corrected chi connectivity index (χ3v) is 27.1. The number of thiazole rings is 1. The summed E-state index contributed by atoms with van der Waals surface area (Å²) < 4.78 is 104. The number of thiocarbonyl (C=S) groups is 1. The maximum absolute atomic E-state index is 14.6. The van der Waals surface area contributed by atoms with Crippen molar-refractivity contribution in [2.45, 2.75) is 161 Å². The Kier molecular flexibility index (Phi) is 25.8. The Morgan fingerprint density at radius 3 is 1.55 bits per heavy atom. The van der Waals surface area contributed by atoms with Gasteiger partial charge in [0.1, 0.15) is 59.1 Å². The van der Waals surface area contributed by atoms with Crippen LogP contribution in [0, 0.1) is 23.5 Å². The van der Waals surface area contributed by atoms with Gasteiger partial charge in [-0.05, 0) is 159 Å². The lowest BCUT2D eigenvalue weighted by molar-refractivity contribution is -0.141. The fraction of sp³-hybridized carbons (Fsp3) is 0.461. The number of halogens is 5. The van der Waals surface area contributed by atoms with Crippen LogP contribution < -0.4 is 36.4 Å². The fourth-order valence-corrected chi connectivity index (χ4v) is 19.2. The number of nitrogens with two attached hydrogens (primary N) is 1. The molecular weight excluding hydrogens is 1670 g/mol. The molecule has 0 radical (unpaired) electrons. The molecule has 4 aromatic carbocycles. The summed E-state index contributed by atoms with van der Waals surface area (Å²) in [7, 11) is -7.82. The van der Waals surface area contributed by atoms with Crippen LogP contribution in [0.1, 0.15) is 110 Å². The number of nitrogens with one attached hydrogen (secondary N) is 6. The molecule has 1 aromatic heterocycles. The van der Waals surface area contributed by atoms with Crippen molar-refractivity contribution in [1.29, 1.82) is 0 Å². The molecule has 0 unspecified atom stereocenters. The zero-order chi connectivity index (χ0) is 81.0. The van der Waals surface area contributed by atoms with E-state index in [1.165, 1.54) is 67.3 Å². The highest BCUT2D eigenvalue weighted by atomic mass is 79.9. The van der Waals surface area contributed by atoms with Crippen molar-refractivity contribution in [3.63, 3.8) is 0 Å². The molecule has 4 aliphatic carbocycles. The molecule has 6 fully saturated rings. The number of ether oxygens (including phenoxy) is 4. The third kappa shape index (κ3) is 19.7. The van der Waals surface area contributed by atoms with E-state index in [-0.39, 0.29) is 106 Å². The fourth-order valence-electron chi connectivity index (χ4n) is 14.7. The van der Waals surface area contributed by atoms with Crippen molar-refractivity contribution >= 4 is 146 Å². The summed E-state index contributed by atoms with van der Waals surface area (Å²) in [4.78, 5) is 132. The summed E-state index contributed by atoms with van der Waals surface area (Å²) in [6.07, 6.45) is 7.42. The van der Waals surface area contributed by atoms with Crippen molar-refractivity contribution in [2.75, 3.05) is 50.2 Å². The summed E-state index contributed by atoms with van der Waals surface area (Å²) in [5, 5.41) is 13.8. The number of benzene rings is 4. The highest BCUT2D eigenvalue weighted by Gasteiger charge is 2.64. The topological polar surface area (TPSA) is 383 Å². The number of amides is 8. The number of alkyl halides is 1. The van der Waals surface area contributed by atoms with E-state index in [1.54, 1.807) is 60.0 Å². The zero-order valence-electron chi connectivity index (χ0n) is 61.3. The van der Waals surface area contributed by atoms with Crippen LogP contribution in [-0.4, -0.2) is 203 Å². The van der Waals surface area contributed by atoms with Gasteiger partial charge in [-0.25, -0.2) is 40.2 Å². The van der Waals surface area contributed by atoms with Crippen molar-refractivity contribution in [1.82, 2.24) is 50.0 Å². The molecule has 8 amide bonds. The number of Topliss-reactive ketones (excluding diaryl/α,β-unsaturated/α-hetero) is 1. The number of carbonyl (C=O) groups excluding carboxylic acids is 9. The summed E-state index contributed by atoms with van der Waals surface area (Å²) >= 11 is 22.0.